The molecule has 0 saturated carbocycles. The van der Waals surface area contributed by atoms with E-state index in [-0.39, 0.29) is 5.56 Å². The van der Waals surface area contributed by atoms with Crippen LogP contribution in [-0.2, 0) is 17.8 Å². The van der Waals surface area contributed by atoms with E-state index in [1.165, 1.54) is 19.2 Å². The van der Waals surface area contributed by atoms with E-state index < -0.39 is 11.8 Å². The summed E-state index contributed by atoms with van der Waals surface area (Å²) < 4.78 is 20.2. The van der Waals surface area contributed by atoms with E-state index in [9.17, 15) is 9.18 Å². The van der Waals surface area contributed by atoms with Gasteiger partial charge in [0.05, 0.1) is 19.2 Å². The molecule has 1 heterocycles. The first-order valence-corrected chi connectivity index (χ1v) is 6.41. The van der Waals surface area contributed by atoms with Gasteiger partial charge in [-0.3, -0.25) is 0 Å². The molecule has 0 spiro atoms. The molecule has 106 valence electrons. The van der Waals surface area contributed by atoms with Gasteiger partial charge in [-0.05, 0) is 37.3 Å². The molecule has 0 bridgehead atoms. The predicted octanol–water partition coefficient (Wildman–Crippen LogP) is 3.05. The number of benzene rings is 1. The van der Waals surface area contributed by atoms with Crippen molar-refractivity contribution in [2.45, 2.75) is 20.0 Å². The highest BCUT2D eigenvalue weighted by molar-refractivity contribution is 5.90. The molecule has 0 unspecified atom stereocenters. The van der Waals surface area contributed by atoms with Crippen LogP contribution in [-0.4, -0.2) is 17.6 Å². The number of aryl methyl sites for hydroxylation is 1. The molecule has 0 aliphatic carbocycles. The zero-order chi connectivity index (χ0) is 14.5. The number of esters is 1. The standard InChI is InChI=1S/C15H17FN2O2/c1-3-18-8-4-5-12(18)10-17-11-6-7-14(16)13(9-11)15(19)20-2/h4-9,17H,3,10H2,1-2H3. The molecule has 2 rings (SSSR count). The number of nitrogens with one attached hydrogen (secondary N) is 1. The third-order valence-corrected chi connectivity index (χ3v) is 3.11. The van der Waals surface area contributed by atoms with Crippen molar-refractivity contribution in [2.24, 2.45) is 0 Å². The van der Waals surface area contributed by atoms with Crippen molar-refractivity contribution >= 4 is 11.7 Å². The summed E-state index contributed by atoms with van der Waals surface area (Å²) in [4.78, 5) is 11.4. The van der Waals surface area contributed by atoms with Gasteiger partial charge < -0.3 is 14.6 Å². The average Bonchev–Trinajstić information content (AvgIpc) is 2.93. The Morgan fingerprint density at radius 3 is 2.90 bits per heavy atom. The van der Waals surface area contributed by atoms with Crippen molar-refractivity contribution in [3.05, 3.63) is 53.6 Å². The molecule has 1 N–H and O–H groups in total. The van der Waals surface area contributed by atoms with Crippen LogP contribution in [0, 0.1) is 5.82 Å². The number of carbonyl (C=O) groups excluding carboxylic acids is 1. The fourth-order valence-electron chi connectivity index (χ4n) is 2.01. The van der Waals surface area contributed by atoms with Crippen molar-refractivity contribution in [3.63, 3.8) is 0 Å². The fourth-order valence-corrected chi connectivity index (χ4v) is 2.01. The van der Waals surface area contributed by atoms with Crippen LogP contribution in [0.15, 0.2) is 36.5 Å². The lowest BCUT2D eigenvalue weighted by atomic mass is 10.2. The van der Waals surface area contributed by atoms with Gasteiger partial charge in [0.25, 0.3) is 0 Å². The molecule has 20 heavy (non-hydrogen) atoms. The Morgan fingerprint density at radius 2 is 2.20 bits per heavy atom. The molecule has 0 aliphatic rings. The van der Waals surface area contributed by atoms with Gasteiger partial charge in [0, 0.05) is 24.1 Å². The van der Waals surface area contributed by atoms with E-state index in [4.69, 9.17) is 0 Å². The molecule has 0 saturated heterocycles. The van der Waals surface area contributed by atoms with Crippen LogP contribution in [0.25, 0.3) is 0 Å². The first-order valence-electron chi connectivity index (χ1n) is 6.41. The highest BCUT2D eigenvalue weighted by Gasteiger charge is 2.12. The Hall–Kier alpha value is -2.30. The number of rotatable bonds is 5. The number of carbonyl (C=O) groups is 1. The monoisotopic (exact) mass is 276 g/mol. The summed E-state index contributed by atoms with van der Waals surface area (Å²) in [5, 5.41) is 3.17. The summed E-state index contributed by atoms with van der Waals surface area (Å²) in [6, 6.07) is 8.31. The first kappa shape index (κ1) is 14.1. The number of aromatic nitrogens is 1. The van der Waals surface area contributed by atoms with Crippen LogP contribution in [0.2, 0.25) is 0 Å². The Kier molecular flexibility index (Phi) is 4.40. The molecule has 5 heteroatoms. The predicted molar refractivity (Wildman–Crippen MR) is 75.2 cm³/mol. The minimum atomic E-state index is -0.678. The van der Waals surface area contributed by atoms with Crippen LogP contribution in [0.4, 0.5) is 10.1 Å². The second-order valence-corrected chi connectivity index (χ2v) is 4.33. The normalized spacial score (nSPS) is 10.3. The number of halogens is 1. The van der Waals surface area contributed by atoms with Crippen molar-refractivity contribution in [1.82, 2.24) is 4.57 Å². The fraction of sp³-hybridized carbons (Fsp3) is 0.267. The minimum Gasteiger partial charge on any atom is -0.465 e. The molecule has 1 aromatic heterocycles. The smallest absolute Gasteiger partial charge is 0.340 e. The number of ether oxygens (including phenoxy) is 1. The van der Waals surface area contributed by atoms with E-state index in [1.807, 2.05) is 18.3 Å². The summed E-state index contributed by atoms with van der Waals surface area (Å²) in [5.41, 5.74) is 1.73. The number of nitrogens with zero attached hydrogens (tertiary/aromatic N) is 1. The molecule has 0 atom stereocenters. The lowest BCUT2D eigenvalue weighted by Gasteiger charge is -2.10. The lowest BCUT2D eigenvalue weighted by Crippen LogP contribution is -2.08. The Bertz CT molecular complexity index is 608. The summed E-state index contributed by atoms with van der Waals surface area (Å²) in [5.74, 6) is -1.26. The summed E-state index contributed by atoms with van der Waals surface area (Å²) in [7, 11) is 1.23. The van der Waals surface area contributed by atoms with Crippen LogP contribution in [0.3, 0.4) is 0 Å². The highest BCUT2D eigenvalue weighted by atomic mass is 19.1. The number of methoxy groups -OCH3 is 1. The zero-order valence-electron chi connectivity index (χ0n) is 11.5. The molecule has 0 radical (unpaired) electrons. The topological polar surface area (TPSA) is 43.3 Å². The largest absolute Gasteiger partial charge is 0.465 e. The van der Waals surface area contributed by atoms with Crippen LogP contribution >= 0.6 is 0 Å². The number of anilines is 1. The third kappa shape index (κ3) is 2.99. The van der Waals surface area contributed by atoms with Gasteiger partial charge in [0.2, 0.25) is 0 Å². The van der Waals surface area contributed by atoms with Crippen molar-refractivity contribution in [1.29, 1.82) is 0 Å². The Morgan fingerprint density at radius 1 is 1.40 bits per heavy atom. The second-order valence-electron chi connectivity index (χ2n) is 4.33. The molecule has 2 aromatic rings. The quantitative estimate of drug-likeness (QED) is 0.854. The van der Waals surface area contributed by atoms with Crippen LogP contribution < -0.4 is 5.32 Å². The maximum atomic E-state index is 13.5. The molecule has 1 aromatic carbocycles. The zero-order valence-corrected chi connectivity index (χ0v) is 11.5. The van der Waals surface area contributed by atoms with E-state index in [1.54, 1.807) is 6.07 Å². The van der Waals surface area contributed by atoms with Gasteiger partial charge in [0.1, 0.15) is 5.82 Å². The minimum absolute atomic E-state index is 0.0663. The second kappa shape index (κ2) is 6.23. The molecule has 0 fully saturated rings. The van der Waals surface area contributed by atoms with Crippen molar-refractivity contribution < 1.29 is 13.9 Å². The van der Waals surface area contributed by atoms with E-state index in [0.29, 0.717) is 12.2 Å². The number of hydrogen-bond acceptors (Lipinski definition) is 3. The van der Waals surface area contributed by atoms with Gasteiger partial charge in [-0.25, -0.2) is 9.18 Å². The SMILES string of the molecule is CCn1cccc1CNc1ccc(F)c(C(=O)OC)c1. The van der Waals surface area contributed by atoms with Crippen LogP contribution in [0.1, 0.15) is 23.0 Å². The molecule has 0 aliphatic heterocycles. The molecular weight excluding hydrogens is 259 g/mol. The van der Waals surface area contributed by atoms with E-state index in [2.05, 4.69) is 21.5 Å². The van der Waals surface area contributed by atoms with Gasteiger partial charge in [0.15, 0.2) is 0 Å². The van der Waals surface area contributed by atoms with Crippen molar-refractivity contribution in [2.75, 3.05) is 12.4 Å². The molecule has 0 amide bonds. The Balaban J connectivity index is 2.12. The van der Waals surface area contributed by atoms with Gasteiger partial charge >= 0.3 is 5.97 Å². The van der Waals surface area contributed by atoms with E-state index in [0.717, 1.165) is 12.2 Å². The third-order valence-electron chi connectivity index (χ3n) is 3.11. The highest BCUT2D eigenvalue weighted by Crippen LogP contribution is 2.16. The van der Waals surface area contributed by atoms with Gasteiger partial charge in [-0.1, -0.05) is 0 Å². The van der Waals surface area contributed by atoms with E-state index >= 15 is 0 Å². The maximum absolute atomic E-state index is 13.5. The number of hydrogen-bond donors (Lipinski definition) is 1. The van der Waals surface area contributed by atoms with Gasteiger partial charge in [-0.2, -0.15) is 0 Å². The summed E-state index contributed by atoms with van der Waals surface area (Å²) in [6.07, 6.45) is 2.00. The Labute approximate surface area is 117 Å². The summed E-state index contributed by atoms with van der Waals surface area (Å²) in [6.45, 7) is 3.56. The lowest BCUT2D eigenvalue weighted by molar-refractivity contribution is 0.0595. The average molecular weight is 276 g/mol. The summed E-state index contributed by atoms with van der Waals surface area (Å²) >= 11 is 0. The van der Waals surface area contributed by atoms with Gasteiger partial charge in [-0.15, -0.1) is 0 Å². The molecule has 4 nitrogen and oxygen atoms in total. The first-order chi connectivity index (χ1) is 9.65. The van der Waals surface area contributed by atoms with Crippen molar-refractivity contribution in [3.8, 4) is 0 Å². The van der Waals surface area contributed by atoms with Crippen LogP contribution in [0.5, 0.6) is 0 Å². The molecular formula is C15H17FN2O2. The maximum Gasteiger partial charge on any atom is 0.340 e.